The van der Waals surface area contributed by atoms with Gasteiger partial charge in [0.2, 0.25) is 0 Å². The molecule has 0 saturated heterocycles. The van der Waals surface area contributed by atoms with E-state index in [1.165, 1.54) is 10.9 Å². The van der Waals surface area contributed by atoms with E-state index in [9.17, 15) is 9.59 Å². The Morgan fingerprint density at radius 3 is 2.54 bits per heavy atom. The number of carbonyl (C=O) groups excluding carboxylic acids is 1. The van der Waals surface area contributed by atoms with Gasteiger partial charge in [0.1, 0.15) is 5.75 Å². The Hall–Kier alpha value is -4.10. The zero-order chi connectivity index (χ0) is 24.2. The lowest BCUT2D eigenvalue weighted by Crippen LogP contribution is -2.26. The number of rotatable bonds is 8. The van der Waals surface area contributed by atoms with E-state index in [2.05, 4.69) is 15.7 Å². The summed E-state index contributed by atoms with van der Waals surface area (Å²) in [5.41, 5.74) is 1.42. The van der Waals surface area contributed by atoms with Crippen LogP contribution in [0.4, 0.5) is 11.4 Å². The summed E-state index contributed by atoms with van der Waals surface area (Å²) in [6.07, 6.45) is 3.81. The lowest BCUT2D eigenvalue weighted by molar-refractivity contribution is 0.0952. The number of ether oxygens (including phenoxy) is 1. The molecule has 4 aromatic rings. The van der Waals surface area contributed by atoms with Crippen molar-refractivity contribution in [2.45, 2.75) is 12.8 Å². The first-order valence-electron chi connectivity index (χ1n) is 11.3. The van der Waals surface area contributed by atoms with E-state index < -0.39 is 5.56 Å². The normalized spacial score (nSPS) is 12.7. The molecule has 0 atom stereocenters. The van der Waals surface area contributed by atoms with Crippen molar-refractivity contribution in [1.29, 1.82) is 0 Å². The van der Waals surface area contributed by atoms with Gasteiger partial charge in [-0.05, 0) is 73.4 Å². The smallest absolute Gasteiger partial charge is 0.299 e. The molecule has 5 rings (SSSR count). The third kappa shape index (κ3) is 5.53. The van der Waals surface area contributed by atoms with Gasteiger partial charge >= 0.3 is 0 Å². The lowest BCUT2D eigenvalue weighted by atomic mass is 10.2. The van der Waals surface area contributed by atoms with Crippen LogP contribution in [0.2, 0.25) is 5.02 Å². The highest BCUT2D eigenvalue weighted by Crippen LogP contribution is 2.30. The number of hydrogen-bond donors (Lipinski definition) is 2. The highest BCUT2D eigenvalue weighted by atomic mass is 35.5. The number of amides is 1. The largest absolute Gasteiger partial charge is 0.453 e. The Morgan fingerprint density at radius 1 is 1.03 bits per heavy atom. The van der Waals surface area contributed by atoms with Gasteiger partial charge in [-0.15, -0.1) is 0 Å². The highest BCUT2D eigenvalue weighted by molar-refractivity contribution is 6.30. The molecule has 8 heteroatoms. The van der Waals surface area contributed by atoms with Crippen molar-refractivity contribution in [2.24, 2.45) is 5.92 Å². The van der Waals surface area contributed by atoms with Crippen LogP contribution in [0.1, 0.15) is 23.2 Å². The summed E-state index contributed by atoms with van der Waals surface area (Å²) in [6.45, 7) is 0.682. The number of nitrogens with one attached hydrogen (secondary N) is 2. The minimum atomic E-state index is -0.413. The fraction of sp³-hybridized carbons (Fsp3) is 0.148. The first-order valence-corrected chi connectivity index (χ1v) is 11.7. The molecule has 2 N–H and O–H groups in total. The highest BCUT2D eigenvalue weighted by Gasteiger charge is 2.22. The molecule has 0 bridgehead atoms. The van der Waals surface area contributed by atoms with E-state index in [-0.39, 0.29) is 17.3 Å². The molecule has 176 valence electrons. The van der Waals surface area contributed by atoms with Gasteiger partial charge in [0.05, 0.1) is 11.9 Å². The lowest BCUT2D eigenvalue weighted by Gasteiger charge is -2.15. The molecule has 0 radical (unpaired) electrons. The summed E-state index contributed by atoms with van der Waals surface area (Å²) < 4.78 is 7.25. The molecule has 35 heavy (non-hydrogen) atoms. The standard InChI is InChI=1S/C27H23ClN4O3/c28-20-11-13-22(14-12-20)32-27(34)25(24(17-30-32)35-23-7-2-1-3-8-23)31-21-6-4-5-19(15-21)26(33)29-16-18-9-10-18/h1-8,11-15,17-18,31H,9-10,16H2,(H,29,33). The molecular weight excluding hydrogens is 464 g/mol. The molecule has 1 heterocycles. The average Bonchev–Trinajstić information content (AvgIpc) is 3.71. The summed E-state index contributed by atoms with van der Waals surface area (Å²) in [6, 6.07) is 23.0. The van der Waals surface area contributed by atoms with Crippen molar-refractivity contribution in [3.63, 3.8) is 0 Å². The molecule has 3 aromatic carbocycles. The van der Waals surface area contributed by atoms with Crippen molar-refractivity contribution in [2.75, 3.05) is 11.9 Å². The van der Waals surface area contributed by atoms with E-state index in [0.717, 1.165) is 12.8 Å². The topological polar surface area (TPSA) is 85.2 Å². The number of halogens is 1. The van der Waals surface area contributed by atoms with Crippen LogP contribution in [0, 0.1) is 5.92 Å². The first-order chi connectivity index (χ1) is 17.1. The van der Waals surface area contributed by atoms with Crippen LogP contribution in [0.5, 0.6) is 11.5 Å². The minimum absolute atomic E-state index is 0.144. The van der Waals surface area contributed by atoms with Gasteiger partial charge in [0, 0.05) is 22.8 Å². The van der Waals surface area contributed by atoms with E-state index in [4.69, 9.17) is 16.3 Å². The summed E-state index contributed by atoms with van der Waals surface area (Å²) in [7, 11) is 0. The van der Waals surface area contributed by atoms with Crippen LogP contribution in [0.25, 0.3) is 5.69 Å². The van der Waals surface area contributed by atoms with E-state index in [0.29, 0.717) is 40.2 Å². The third-order valence-electron chi connectivity index (χ3n) is 5.63. The van der Waals surface area contributed by atoms with Crippen molar-refractivity contribution in [3.8, 4) is 17.2 Å². The fourth-order valence-electron chi connectivity index (χ4n) is 3.56. The Kier molecular flexibility index (Phi) is 6.50. The molecular formula is C27H23ClN4O3. The second-order valence-corrected chi connectivity index (χ2v) is 8.79. The second-order valence-electron chi connectivity index (χ2n) is 8.35. The van der Waals surface area contributed by atoms with Crippen LogP contribution >= 0.6 is 11.6 Å². The molecule has 1 aliphatic rings. The Bertz CT molecular complexity index is 1400. The van der Waals surface area contributed by atoms with E-state index in [1.807, 2.05) is 18.2 Å². The van der Waals surface area contributed by atoms with Crippen LogP contribution in [0.3, 0.4) is 0 Å². The number of para-hydroxylation sites is 1. The monoisotopic (exact) mass is 486 g/mol. The molecule has 1 aliphatic carbocycles. The van der Waals surface area contributed by atoms with Gasteiger partial charge in [0.25, 0.3) is 11.5 Å². The van der Waals surface area contributed by atoms with Crippen molar-refractivity contribution in [3.05, 3.63) is 106 Å². The zero-order valence-electron chi connectivity index (χ0n) is 18.8. The molecule has 0 unspecified atom stereocenters. The van der Waals surface area contributed by atoms with Gasteiger partial charge in [-0.25, -0.2) is 0 Å². The van der Waals surface area contributed by atoms with Crippen molar-refractivity contribution in [1.82, 2.24) is 15.1 Å². The van der Waals surface area contributed by atoms with E-state index >= 15 is 0 Å². The Balaban J connectivity index is 1.49. The van der Waals surface area contributed by atoms with Crippen molar-refractivity contribution >= 4 is 28.9 Å². The molecule has 1 fully saturated rings. The SMILES string of the molecule is O=C(NCC1CC1)c1cccc(Nc2c(Oc3ccccc3)cnn(-c3ccc(Cl)cc3)c2=O)c1. The maximum absolute atomic E-state index is 13.5. The van der Waals surface area contributed by atoms with Gasteiger partial charge in [-0.1, -0.05) is 35.9 Å². The number of benzene rings is 3. The van der Waals surface area contributed by atoms with Gasteiger partial charge in [-0.3, -0.25) is 9.59 Å². The first kappa shape index (κ1) is 22.7. The number of nitrogens with zero attached hydrogens (tertiary/aromatic N) is 2. The maximum Gasteiger partial charge on any atom is 0.299 e. The van der Waals surface area contributed by atoms with Gasteiger partial charge in [0.15, 0.2) is 11.4 Å². The molecule has 1 amide bonds. The molecule has 0 aliphatic heterocycles. The van der Waals surface area contributed by atoms with E-state index in [1.54, 1.807) is 60.7 Å². The molecule has 0 spiro atoms. The summed E-state index contributed by atoms with van der Waals surface area (Å²) >= 11 is 6.00. The number of aromatic nitrogens is 2. The summed E-state index contributed by atoms with van der Waals surface area (Å²) in [4.78, 5) is 26.1. The predicted molar refractivity (Wildman–Crippen MR) is 136 cm³/mol. The summed E-state index contributed by atoms with van der Waals surface area (Å²) in [5.74, 6) is 1.26. The van der Waals surface area contributed by atoms with Crippen LogP contribution in [-0.4, -0.2) is 22.2 Å². The quantitative estimate of drug-likeness (QED) is 0.340. The number of anilines is 2. The van der Waals surface area contributed by atoms with Gasteiger partial charge in [-0.2, -0.15) is 9.78 Å². The molecule has 1 saturated carbocycles. The Labute approximate surface area is 207 Å². The zero-order valence-corrected chi connectivity index (χ0v) is 19.5. The minimum Gasteiger partial charge on any atom is -0.453 e. The van der Waals surface area contributed by atoms with Crippen LogP contribution in [-0.2, 0) is 0 Å². The molecule has 7 nitrogen and oxygen atoms in total. The number of carbonyl (C=O) groups is 1. The maximum atomic E-state index is 13.5. The molecule has 1 aromatic heterocycles. The van der Waals surface area contributed by atoms with Crippen molar-refractivity contribution < 1.29 is 9.53 Å². The van der Waals surface area contributed by atoms with Crippen LogP contribution in [0.15, 0.2) is 89.9 Å². The average molecular weight is 487 g/mol. The summed E-state index contributed by atoms with van der Waals surface area (Å²) in [5, 5.41) is 11.0. The Morgan fingerprint density at radius 2 is 1.80 bits per heavy atom. The number of hydrogen-bond acceptors (Lipinski definition) is 5. The predicted octanol–water partition coefficient (Wildman–Crippen LogP) is 5.56. The fourth-order valence-corrected chi connectivity index (χ4v) is 3.68. The second kappa shape index (κ2) is 10.0. The third-order valence-corrected chi connectivity index (χ3v) is 5.88. The van der Waals surface area contributed by atoms with Crippen LogP contribution < -0.4 is 20.9 Å². The van der Waals surface area contributed by atoms with Gasteiger partial charge < -0.3 is 15.4 Å².